The highest BCUT2D eigenvalue weighted by atomic mass is 19.3. The van der Waals surface area contributed by atoms with Gasteiger partial charge in [-0.05, 0) is 12.1 Å². The zero-order chi connectivity index (χ0) is 14.0. The molecule has 100 valence electrons. The largest absolute Gasteiger partial charge is 0.417 e. The second-order valence-corrected chi connectivity index (χ2v) is 3.67. The minimum Gasteiger partial charge on any atom is -0.417 e. The molecule has 0 N–H and O–H groups in total. The lowest BCUT2D eigenvalue weighted by Crippen LogP contribution is -2.05. The van der Waals surface area contributed by atoms with Crippen LogP contribution >= 0.6 is 0 Å². The SMILES string of the molecule is Cn1nc(-c2ccc([N+](=O)[O-])cc2)cc1OC(F)F. The zero-order valence-corrected chi connectivity index (χ0v) is 9.79. The van der Waals surface area contributed by atoms with Crippen molar-refractivity contribution in [2.75, 3.05) is 0 Å². The van der Waals surface area contributed by atoms with Crippen LogP contribution in [-0.2, 0) is 7.05 Å². The third-order valence-corrected chi connectivity index (χ3v) is 2.42. The first-order valence-corrected chi connectivity index (χ1v) is 5.21. The van der Waals surface area contributed by atoms with Crippen molar-refractivity contribution in [1.29, 1.82) is 0 Å². The quantitative estimate of drug-likeness (QED) is 0.631. The van der Waals surface area contributed by atoms with E-state index in [0.29, 0.717) is 11.3 Å². The number of nitrogens with zero attached hydrogens (tertiary/aromatic N) is 3. The van der Waals surface area contributed by atoms with Crippen molar-refractivity contribution in [3.05, 3.63) is 40.4 Å². The number of aryl methyl sites for hydroxylation is 1. The molecule has 0 amide bonds. The minimum atomic E-state index is -2.93. The van der Waals surface area contributed by atoms with Crippen molar-refractivity contribution in [1.82, 2.24) is 9.78 Å². The van der Waals surface area contributed by atoms with Crippen molar-refractivity contribution in [3.63, 3.8) is 0 Å². The van der Waals surface area contributed by atoms with Crippen molar-refractivity contribution in [2.24, 2.45) is 7.05 Å². The Morgan fingerprint density at radius 3 is 2.53 bits per heavy atom. The number of hydrogen-bond acceptors (Lipinski definition) is 4. The Bertz CT molecular complexity index is 596. The van der Waals surface area contributed by atoms with E-state index >= 15 is 0 Å². The van der Waals surface area contributed by atoms with E-state index in [-0.39, 0.29) is 11.6 Å². The molecule has 0 aliphatic carbocycles. The summed E-state index contributed by atoms with van der Waals surface area (Å²) in [4.78, 5) is 9.99. The Labute approximate surface area is 106 Å². The van der Waals surface area contributed by atoms with Crippen molar-refractivity contribution in [2.45, 2.75) is 6.61 Å². The van der Waals surface area contributed by atoms with Crippen LogP contribution in [-0.4, -0.2) is 21.3 Å². The van der Waals surface area contributed by atoms with Crippen LogP contribution in [0.1, 0.15) is 0 Å². The molecular formula is C11H9F2N3O3. The third kappa shape index (κ3) is 2.84. The van der Waals surface area contributed by atoms with Gasteiger partial charge in [-0.15, -0.1) is 0 Å². The molecule has 0 spiro atoms. The van der Waals surface area contributed by atoms with Gasteiger partial charge in [-0.3, -0.25) is 10.1 Å². The average molecular weight is 269 g/mol. The number of nitro groups is 1. The number of rotatable bonds is 4. The van der Waals surface area contributed by atoms with E-state index in [1.54, 1.807) is 0 Å². The molecule has 0 atom stereocenters. The smallest absolute Gasteiger partial charge is 0.388 e. The number of non-ortho nitro benzene ring substituents is 1. The van der Waals surface area contributed by atoms with E-state index in [0.717, 1.165) is 0 Å². The van der Waals surface area contributed by atoms with Gasteiger partial charge < -0.3 is 4.74 Å². The predicted octanol–water partition coefficient (Wildman–Crippen LogP) is 2.60. The molecular weight excluding hydrogens is 260 g/mol. The monoisotopic (exact) mass is 269 g/mol. The fraction of sp³-hybridized carbons (Fsp3) is 0.182. The zero-order valence-electron chi connectivity index (χ0n) is 9.79. The van der Waals surface area contributed by atoms with E-state index in [1.807, 2.05) is 0 Å². The number of hydrogen-bond donors (Lipinski definition) is 0. The van der Waals surface area contributed by atoms with Crippen LogP contribution < -0.4 is 4.74 Å². The third-order valence-electron chi connectivity index (χ3n) is 2.42. The molecule has 1 aromatic carbocycles. The Kier molecular flexibility index (Phi) is 3.41. The average Bonchev–Trinajstić information content (AvgIpc) is 2.70. The summed E-state index contributed by atoms with van der Waals surface area (Å²) in [6.07, 6.45) is 0. The maximum Gasteiger partial charge on any atom is 0.388 e. The van der Waals surface area contributed by atoms with Gasteiger partial charge in [0.05, 0.1) is 10.6 Å². The highest BCUT2D eigenvalue weighted by Gasteiger charge is 2.13. The number of aromatic nitrogens is 2. The Hall–Kier alpha value is -2.51. The Morgan fingerprint density at radius 2 is 2.00 bits per heavy atom. The molecule has 1 heterocycles. The number of halogens is 2. The van der Waals surface area contributed by atoms with Crippen molar-refractivity contribution < 1.29 is 18.4 Å². The second-order valence-electron chi connectivity index (χ2n) is 3.67. The molecule has 0 radical (unpaired) electrons. The summed E-state index contributed by atoms with van der Waals surface area (Å²) >= 11 is 0. The fourth-order valence-corrected chi connectivity index (χ4v) is 1.55. The molecule has 8 heteroatoms. The highest BCUT2D eigenvalue weighted by molar-refractivity contribution is 5.61. The topological polar surface area (TPSA) is 70.2 Å². The first-order valence-electron chi connectivity index (χ1n) is 5.21. The van der Waals surface area contributed by atoms with Crippen molar-refractivity contribution in [3.8, 4) is 17.1 Å². The number of alkyl halides is 2. The van der Waals surface area contributed by atoms with Gasteiger partial charge in [0.1, 0.15) is 0 Å². The van der Waals surface area contributed by atoms with Crippen LogP contribution in [0.15, 0.2) is 30.3 Å². The first-order chi connectivity index (χ1) is 8.97. The second kappa shape index (κ2) is 5.01. The van der Waals surface area contributed by atoms with Crippen LogP contribution in [0.2, 0.25) is 0 Å². The van der Waals surface area contributed by atoms with E-state index in [9.17, 15) is 18.9 Å². The summed E-state index contributed by atoms with van der Waals surface area (Å²) in [5.41, 5.74) is 0.919. The predicted molar refractivity (Wildman–Crippen MR) is 61.9 cm³/mol. The molecule has 0 saturated heterocycles. The van der Waals surface area contributed by atoms with Gasteiger partial charge in [0.15, 0.2) is 0 Å². The number of nitro benzene ring substituents is 1. The fourth-order valence-electron chi connectivity index (χ4n) is 1.55. The summed E-state index contributed by atoms with van der Waals surface area (Å²) in [5, 5.41) is 14.5. The van der Waals surface area contributed by atoms with Crippen molar-refractivity contribution >= 4 is 5.69 Å². The standard InChI is InChI=1S/C11H9F2N3O3/c1-15-10(19-11(12)13)6-9(14-15)7-2-4-8(5-3-7)16(17)18/h2-6,11H,1H3. The van der Waals surface area contributed by atoms with Crippen LogP contribution in [0.25, 0.3) is 11.3 Å². The maximum atomic E-state index is 12.1. The molecule has 2 rings (SSSR count). The molecule has 6 nitrogen and oxygen atoms in total. The van der Waals surface area contributed by atoms with E-state index in [4.69, 9.17) is 0 Å². The molecule has 0 aliphatic heterocycles. The van der Waals surface area contributed by atoms with Crippen LogP contribution in [0.5, 0.6) is 5.88 Å². The van der Waals surface area contributed by atoms with Crippen LogP contribution in [0, 0.1) is 10.1 Å². The van der Waals surface area contributed by atoms with Gasteiger partial charge in [0, 0.05) is 30.8 Å². The molecule has 19 heavy (non-hydrogen) atoms. The van der Waals surface area contributed by atoms with Gasteiger partial charge in [0.2, 0.25) is 5.88 Å². The van der Waals surface area contributed by atoms with E-state index < -0.39 is 11.5 Å². The van der Waals surface area contributed by atoms with Gasteiger partial charge >= 0.3 is 6.61 Å². The summed E-state index contributed by atoms with van der Waals surface area (Å²) in [6.45, 7) is -2.93. The Balaban J connectivity index is 2.29. The van der Waals surface area contributed by atoms with Gasteiger partial charge in [-0.2, -0.15) is 13.9 Å². The van der Waals surface area contributed by atoms with Gasteiger partial charge in [-0.25, -0.2) is 4.68 Å². The molecule has 1 aromatic heterocycles. The lowest BCUT2D eigenvalue weighted by Gasteiger charge is -2.01. The Morgan fingerprint density at radius 1 is 1.37 bits per heavy atom. The summed E-state index contributed by atoms with van der Waals surface area (Å²) in [7, 11) is 1.46. The van der Waals surface area contributed by atoms with Crippen LogP contribution in [0.4, 0.5) is 14.5 Å². The van der Waals surface area contributed by atoms with E-state index in [2.05, 4.69) is 9.84 Å². The summed E-state index contributed by atoms with van der Waals surface area (Å²) < 4.78 is 29.7. The van der Waals surface area contributed by atoms with Crippen LogP contribution in [0.3, 0.4) is 0 Å². The molecule has 0 bridgehead atoms. The lowest BCUT2D eigenvalue weighted by atomic mass is 10.1. The summed E-state index contributed by atoms with van der Waals surface area (Å²) in [6, 6.07) is 6.96. The molecule has 0 fully saturated rings. The highest BCUT2D eigenvalue weighted by Crippen LogP contribution is 2.25. The normalized spacial score (nSPS) is 10.7. The van der Waals surface area contributed by atoms with Gasteiger partial charge in [-0.1, -0.05) is 0 Å². The van der Waals surface area contributed by atoms with E-state index in [1.165, 1.54) is 42.1 Å². The minimum absolute atomic E-state index is 0.0521. The number of benzene rings is 1. The molecule has 0 aliphatic rings. The summed E-state index contributed by atoms with van der Waals surface area (Å²) in [5.74, 6) is -0.0802. The number of ether oxygens (including phenoxy) is 1. The molecule has 0 saturated carbocycles. The first kappa shape index (κ1) is 12.9. The lowest BCUT2D eigenvalue weighted by molar-refractivity contribution is -0.384. The molecule has 0 unspecified atom stereocenters. The maximum absolute atomic E-state index is 12.1. The molecule has 2 aromatic rings. The van der Waals surface area contributed by atoms with Gasteiger partial charge in [0.25, 0.3) is 5.69 Å².